The summed E-state index contributed by atoms with van der Waals surface area (Å²) in [5.41, 5.74) is 1.25. The van der Waals surface area contributed by atoms with Gasteiger partial charge >= 0.3 is 5.97 Å². The van der Waals surface area contributed by atoms with E-state index in [4.69, 9.17) is 16.3 Å². The largest absolute Gasteiger partial charge is 0.459 e. The Balaban J connectivity index is 2.93. The molecular weight excluding hydrogens is 214 g/mol. The number of aromatic nitrogens is 1. The van der Waals surface area contributed by atoms with Crippen LogP contribution in [-0.4, -0.2) is 17.1 Å². The van der Waals surface area contributed by atoms with Gasteiger partial charge in [0.2, 0.25) is 0 Å². The molecule has 1 heterocycles. The van der Waals surface area contributed by atoms with Crippen molar-refractivity contribution < 1.29 is 9.53 Å². The van der Waals surface area contributed by atoms with Crippen LogP contribution in [0.25, 0.3) is 0 Å². The molecule has 0 aromatic carbocycles. The zero-order chi connectivity index (χ0) is 11.4. The molecule has 82 valence electrons. The first-order valence-electron chi connectivity index (χ1n) is 4.90. The number of carbonyl (C=O) groups excluding carboxylic acids is 1. The Labute approximate surface area is 94.4 Å². The summed E-state index contributed by atoms with van der Waals surface area (Å²) < 4.78 is 5.07. The van der Waals surface area contributed by atoms with Crippen LogP contribution in [0.4, 0.5) is 0 Å². The Bertz CT molecular complexity index is 364. The second-order valence-corrected chi connectivity index (χ2v) is 3.86. The van der Waals surface area contributed by atoms with Gasteiger partial charge in [0.1, 0.15) is 5.15 Å². The van der Waals surface area contributed by atoms with Gasteiger partial charge in [0.05, 0.1) is 11.7 Å². The van der Waals surface area contributed by atoms with Crippen molar-refractivity contribution in [3.63, 3.8) is 0 Å². The maximum Gasteiger partial charge on any atom is 0.338 e. The minimum Gasteiger partial charge on any atom is -0.459 e. The van der Waals surface area contributed by atoms with Crippen molar-refractivity contribution in [2.45, 2.75) is 33.3 Å². The quantitative estimate of drug-likeness (QED) is 0.589. The SMILES string of the molecule is CCc1cc(C(=O)OC(C)C)cc(Cl)n1. The molecule has 0 saturated carbocycles. The molecule has 0 fully saturated rings. The maximum atomic E-state index is 11.6. The molecule has 1 aromatic heterocycles. The van der Waals surface area contributed by atoms with Crippen LogP contribution in [0.1, 0.15) is 36.8 Å². The highest BCUT2D eigenvalue weighted by Crippen LogP contribution is 2.13. The summed E-state index contributed by atoms with van der Waals surface area (Å²) in [7, 11) is 0. The van der Waals surface area contributed by atoms with Gasteiger partial charge in [0, 0.05) is 5.69 Å². The number of esters is 1. The van der Waals surface area contributed by atoms with Crippen molar-refractivity contribution in [3.8, 4) is 0 Å². The van der Waals surface area contributed by atoms with Gasteiger partial charge in [-0.15, -0.1) is 0 Å². The van der Waals surface area contributed by atoms with E-state index in [0.29, 0.717) is 10.7 Å². The molecule has 0 aliphatic carbocycles. The molecule has 0 spiro atoms. The van der Waals surface area contributed by atoms with Gasteiger partial charge in [-0.05, 0) is 32.4 Å². The fourth-order valence-corrected chi connectivity index (χ4v) is 1.36. The fraction of sp³-hybridized carbons (Fsp3) is 0.455. The molecule has 4 heteroatoms. The third-order valence-electron chi connectivity index (χ3n) is 1.79. The van der Waals surface area contributed by atoms with Gasteiger partial charge in [0.15, 0.2) is 0 Å². The van der Waals surface area contributed by atoms with Crippen LogP contribution in [0, 0.1) is 0 Å². The van der Waals surface area contributed by atoms with Crippen LogP contribution in [0.15, 0.2) is 12.1 Å². The highest BCUT2D eigenvalue weighted by atomic mass is 35.5. The topological polar surface area (TPSA) is 39.2 Å². The van der Waals surface area contributed by atoms with E-state index in [-0.39, 0.29) is 12.1 Å². The summed E-state index contributed by atoms with van der Waals surface area (Å²) in [6, 6.07) is 3.22. The Kier molecular flexibility index (Phi) is 4.09. The normalized spacial score (nSPS) is 10.5. The Morgan fingerprint density at radius 3 is 2.73 bits per heavy atom. The van der Waals surface area contributed by atoms with E-state index < -0.39 is 0 Å². The number of hydrogen-bond donors (Lipinski definition) is 0. The van der Waals surface area contributed by atoms with E-state index in [2.05, 4.69) is 4.98 Å². The molecular formula is C11H14ClNO2. The van der Waals surface area contributed by atoms with Gasteiger partial charge in [-0.3, -0.25) is 0 Å². The molecule has 0 bridgehead atoms. The third kappa shape index (κ3) is 3.51. The molecule has 0 unspecified atom stereocenters. The van der Waals surface area contributed by atoms with Crippen LogP contribution in [-0.2, 0) is 11.2 Å². The standard InChI is InChI=1S/C11H14ClNO2/c1-4-9-5-8(6-10(12)13-9)11(14)15-7(2)3/h5-7H,4H2,1-3H3. The zero-order valence-corrected chi connectivity index (χ0v) is 9.84. The van der Waals surface area contributed by atoms with E-state index in [1.54, 1.807) is 19.9 Å². The lowest BCUT2D eigenvalue weighted by molar-refractivity contribution is 0.0377. The van der Waals surface area contributed by atoms with Gasteiger partial charge in [-0.2, -0.15) is 0 Å². The van der Waals surface area contributed by atoms with Crippen molar-refractivity contribution in [1.82, 2.24) is 4.98 Å². The van der Waals surface area contributed by atoms with Crippen LogP contribution in [0.3, 0.4) is 0 Å². The summed E-state index contributed by atoms with van der Waals surface area (Å²) in [5, 5.41) is 0.324. The van der Waals surface area contributed by atoms with Gasteiger partial charge in [-0.1, -0.05) is 18.5 Å². The molecule has 0 saturated heterocycles. The number of carbonyl (C=O) groups is 1. The van der Waals surface area contributed by atoms with Crippen LogP contribution >= 0.6 is 11.6 Å². The lowest BCUT2D eigenvalue weighted by Crippen LogP contribution is -2.12. The van der Waals surface area contributed by atoms with Crippen molar-refractivity contribution >= 4 is 17.6 Å². The number of nitrogens with zero attached hydrogens (tertiary/aromatic N) is 1. The van der Waals surface area contributed by atoms with Crippen molar-refractivity contribution in [2.75, 3.05) is 0 Å². The average Bonchev–Trinajstić information content (AvgIpc) is 2.15. The molecule has 3 nitrogen and oxygen atoms in total. The number of hydrogen-bond acceptors (Lipinski definition) is 3. The minimum atomic E-state index is -0.357. The monoisotopic (exact) mass is 227 g/mol. The van der Waals surface area contributed by atoms with E-state index in [9.17, 15) is 4.79 Å². The first kappa shape index (κ1) is 12.0. The predicted molar refractivity (Wildman–Crippen MR) is 59.2 cm³/mol. The molecule has 0 amide bonds. The Morgan fingerprint density at radius 1 is 1.53 bits per heavy atom. The summed E-state index contributed by atoms with van der Waals surface area (Å²) >= 11 is 5.79. The number of pyridine rings is 1. The molecule has 1 rings (SSSR count). The highest BCUT2D eigenvalue weighted by molar-refractivity contribution is 6.29. The van der Waals surface area contributed by atoms with Crippen LogP contribution < -0.4 is 0 Å². The summed E-state index contributed by atoms with van der Waals surface area (Å²) in [6.07, 6.45) is 0.609. The van der Waals surface area contributed by atoms with Gasteiger partial charge in [-0.25, -0.2) is 9.78 Å². The Morgan fingerprint density at radius 2 is 2.20 bits per heavy atom. The number of aryl methyl sites for hydroxylation is 1. The highest BCUT2D eigenvalue weighted by Gasteiger charge is 2.11. The molecule has 1 aromatic rings. The first-order chi connectivity index (χ1) is 7.02. The van der Waals surface area contributed by atoms with Crippen molar-refractivity contribution in [1.29, 1.82) is 0 Å². The smallest absolute Gasteiger partial charge is 0.338 e. The number of halogens is 1. The second-order valence-electron chi connectivity index (χ2n) is 3.48. The van der Waals surface area contributed by atoms with E-state index in [1.165, 1.54) is 6.07 Å². The fourth-order valence-electron chi connectivity index (χ4n) is 1.13. The second kappa shape index (κ2) is 5.12. The lowest BCUT2D eigenvalue weighted by Gasteiger charge is -2.08. The minimum absolute atomic E-state index is 0.130. The zero-order valence-electron chi connectivity index (χ0n) is 9.08. The summed E-state index contributed by atoms with van der Waals surface area (Å²) in [6.45, 7) is 5.57. The average molecular weight is 228 g/mol. The van der Waals surface area contributed by atoms with E-state index in [1.807, 2.05) is 6.92 Å². The number of ether oxygens (including phenoxy) is 1. The van der Waals surface area contributed by atoms with Crippen molar-refractivity contribution in [3.05, 3.63) is 28.5 Å². The molecule has 0 atom stereocenters. The lowest BCUT2D eigenvalue weighted by atomic mass is 10.2. The number of rotatable bonds is 3. The summed E-state index contributed by atoms with van der Waals surface area (Å²) in [5.74, 6) is -0.357. The third-order valence-corrected chi connectivity index (χ3v) is 1.98. The maximum absolute atomic E-state index is 11.6. The van der Waals surface area contributed by atoms with Crippen LogP contribution in [0.5, 0.6) is 0 Å². The van der Waals surface area contributed by atoms with Crippen LogP contribution in [0.2, 0.25) is 5.15 Å². The predicted octanol–water partition coefficient (Wildman–Crippen LogP) is 2.86. The Hall–Kier alpha value is -1.09. The molecule has 0 aliphatic heterocycles. The molecule has 0 N–H and O–H groups in total. The molecule has 0 aliphatic rings. The van der Waals surface area contributed by atoms with E-state index in [0.717, 1.165) is 12.1 Å². The first-order valence-corrected chi connectivity index (χ1v) is 5.28. The van der Waals surface area contributed by atoms with Crippen molar-refractivity contribution in [2.24, 2.45) is 0 Å². The van der Waals surface area contributed by atoms with Gasteiger partial charge in [0.25, 0.3) is 0 Å². The molecule has 15 heavy (non-hydrogen) atoms. The summed E-state index contributed by atoms with van der Waals surface area (Å²) in [4.78, 5) is 15.6. The van der Waals surface area contributed by atoms with Gasteiger partial charge < -0.3 is 4.74 Å². The van der Waals surface area contributed by atoms with E-state index >= 15 is 0 Å². The molecule has 0 radical (unpaired) electrons.